The summed E-state index contributed by atoms with van der Waals surface area (Å²) in [6.45, 7) is 5.21. The van der Waals surface area contributed by atoms with Gasteiger partial charge < -0.3 is 19.4 Å². The summed E-state index contributed by atoms with van der Waals surface area (Å²) >= 11 is 1.44. The third kappa shape index (κ3) is 4.76. The number of nitro groups is 1. The third-order valence-corrected chi connectivity index (χ3v) is 7.16. The Bertz CT molecular complexity index is 1010. The molecule has 0 bridgehead atoms. The number of ether oxygens (including phenoxy) is 1. The second-order valence-corrected chi connectivity index (χ2v) is 9.33. The lowest BCUT2D eigenvalue weighted by Crippen LogP contribution is -2.49. The van der Waals surface area contributed by atoms with E-state index in [1.165, 1.54) is 17.8 Å². The van der Waals surface area contributed by atoms with Crippen molar-refractivity contribution >= 4 is 35.0 Å². The largest absolute Gasteiger partial charge is 0.378 e. The quantitative estimate of drug-likeness (QED) is 0.338. The van der Waals surface area contributed by atoms with E-state index < -0.39 is 0 Å². The summed E-state index contributed by atoms with van der Waals surface area (Å²) in [5, 5.41) is 21.0. The second-order valence-electron chi connectivity index (χ2n) is 8.39. The van der Waals surface area contributed by atoms with E-state index in [1.807, 2.05) is 9.80 Å². The standard InChI is InChI=1S/C21H27N7O4S/c29-19(25-9-7-24(8-10-25)17-3-1-2-4-18(17)28(30)31)15-33-21-23-22-20(27(21)16-5-6-16)26-11-13-32-14-12-26/h1-4,16H,5-15H2. The van der Waals surface area contributed by atoms with E-state index in [9.17, 15) is 14.9 Å². The van der Waals surface area contributed by atoms with Crippen molar-refractivity contribution in [1.29, 1.82) is 0 Å². The molecule has 3 heterocycles. The highest BCUT2D eigenvalue weighted by atomic mass is 32.2. The molecule has 0 N–H and O–H groups in total. The summed E-state index contributed by atoms with van der Waals surface area (Å²) < 4.78 is 7.64. The lowest BCUT2D eigenvalue weighted by Gasteiger charge is -2.35. The number of para-hydroxylation sites is 2. The Balaban J connectivity index is 1.18. The first-order valence-corrected chi connectivity index (χ1v) is 12.3. The van der Waals surface area contributed by atoms with Crippen molar-refractivity contribution < 1.29 is 14.5 Å². The van der Waals surface area contributed by atoms with Crippen molar-refractivity contribution in [2.24, 2.45) is 0 Å². The minimum atomic E-state index is -0.356. The average molecular weight is 474 g/mol. The predicted molar refractivity (Wildman–Crippen MR) is 124 cm³/mol. The summed E-state index contributed by atoms with van der Waals surface area (Å²) in [5.41, 5.74) is 0.709. The fraction of sp³-hybridized carbons (Fsp3) is 0.571. The fourth-order valence-corrected chi connectivity index (χ4v) is 5.20. The molecule has 0 unspecified atom stereocenters. The van der Waals surface area contributed by atoms with Gasteiger partial charge in [-0.1, -0.05) is 23.9 Å². The van der Waals surface area contributed by atoms with Gasteiger partial charge in [-0.05, 0) is 18.9 Å². The molecule has 5 rings (SSSR count). The van der Waals surface area contributed by atoms with Gasteiger partial charge in [0.25, 0.3) is 5.69 Å². The number of anilines is 2. The van der Waals surface area contributed by atoms with Crippen molar-refractivity contribution in [3.63, 3.8) is 0 Å². The van der Waals surface area contributed by atoms with Crippen LogP contribution in [0.5, 0.6) is 0 Å². The van der Waals surface area contributed by atoms with Gasteiger partial charge in [0.2, 0.25) is 11.9 Å². The number of hydrogen-bond donors (Lipinski definition) is 0. The van der Waals surface area contributed by atoms with Crippen molar-refractivity contribution in [1.82, 2.24) is 19.7 Å². The Hall–Kier alpha value is -2.86. The van der Waals surface area contributed by atoms with Crippen LogP contribution >= 0.6 is 11.8 Å². The van der Waals surface area contributed by atoms with Crippen LogP contribution in [0.1, 0.15) is 18.9 Å². The van der Waals surface area contributed by atoms with Crippen molar-refractivity contribution in [2.45, 2.75) is 24.0 Å². The number of carbonyl (C=O) groups excluding carboxylic acids is 1. The van der Waals surface area contributed by atoms with Gasteiger partial charge in [-0.25, -0.2) is 0 Å². The molecule has 1 aromatic heterocycles. The highest BCUT2D eigenvalue weighted by molar-refractivity contribution is 7.99. The minimum Gasteiger partial charge on any atom is -0.378 e. The molecular weight excluding hydrogens is 446 g/mol. The number of amides is 1. The second kappa shape index (κ2) is 9.56. The topological polar surface area (TPSA) is 110 Å². The number of benzene rings is 1. The van der Waals surface area contributed by atoms with Crippen LogP contribution < -0.4 is 9.80 Å². The van der Waals surface area contributed by atoms with Crippen LogP contribution in [-0.2, 0) is 9.53 Å². The van der Waals surface area contributed by atoms with E-state index in [-0.39, 0.29) is 16.5 Å². The number of morpholine rings is 1. The number of piperazine rings is 1. The molecule has 12 heteroatoms. The van der Waals surface area contributed by atoms with Crippen LogP contribution in [0.3, 0.4) is 0 Å². The summed E-state index contributed by atoms with van der Waals surface area (Å²) in [6, 6.07) is 7.18. The lowest BCUT2D eigenvalue weighted by atomic mass is 10.2. The van der Waals surface area contributed by atoms with Crippen LogP contribution in [0.4, 0.5) is 17.3 Å². The molecule has 0 atom stereocenters. The van der Waals surface area contributed by atoms with E-state index >= 15 is 0 Å². The van der Waals surface area contributed by atoms with E-state index in [2.05, 4.69) is 19.7 Å². The first-order chi connectivity index (χ1) is 16.1. The molecule has 0 spiro atoms. The molecule has 1 amide bonds. The lowest BCUT2D eigenvalue weighted by molar-refractivity contribution is -0.384. The van der Waals surface area contributed by atoms with Gasteiger partial charge in [-0.3, -0.25) is 19.5 Å². The zero-order valence-electron chi connectivity index (χ0n) is 18.3. The molecule has 2 aliphatic heterocycles. The molecule has 11 nitrogen and oxygen atoms in total. The molecule has 3 aliphatic rings. The number of hydrogen-bond acceptors (Lipinski definition) is 9. The zero-order valence-corrected chi connectivity index (χ0v) is 19.2. The maximum absolute atomic E-state index is 12.9. The van der Waals surface area contributed by atoms with Crippen LogP contribution in [0.2, 0.25) is 0 Å². The Morgan fingerprint density at radius 3 is 2.48 bits per heavy atom. The third-order valence-electron chi connectivity index (χ3n) is 6.23. The Labute approximate surface area is 195 Å². The van der Waals surface area contributed by atoms with Crippen molar-refractivity contribution in [3.8, 4) is 0 Å². The Morgan fingerprint density at radius 2 is 1.79 bits per heavy atom. The Kier molecular flexibility index (Phi) is 6.36. The predicted octanol–water partition coefficient (Wildman–Crippen LogP) is 1.80. The number of carbonyl (C=O) groups is 1. The van der Waals surface area contributed by atoms with Crippen molar-refractivity contribution in [3.05, 3.63) is 34.4 Å². The van der Waals surface area contributed by atoms with Gasteiger partial charge in [0.15, 0.2) is 5.16 Å². The fourth-order valence-electron chi connectivity index (χ4n) is 4.30. The number of thioether (sulfide) groups is 1. The molecular formula is C21H27N7O4S. The van der Waals surface area contributed by atoms with E-state index in [1.54, 1.807) is 18.2 Å². The van der Waals surface area contributed by atoms with Crippen LogP contribution in [0.15, 0.2) is 29.4 Å². The number of nitro benzene ring substituents is 1. The summed E-state index contributed by atoms with van der Waals surface area (Å²) in [6.07, 6.45) is 2.23. The molecule has 0 radical (unpaired) electrons. The highest BCUT2D eigenvalue weighted by Gasteiger charge is 2.33. The van der Waals surface area contributed by atoms with Gasteiger partial charge >= 0.3 is 0 Å². The molecule has 1 saturated carbocycles. The van der Waals surface area contributed by atoms with E-state index in [0.717, 1.165) is 37.0 Å². The van der Waals surface area contributed by atoms with Crippen LogP contribution in [0.25, 0.3) is 0 Å². The average Bonchev–Trinajstić information content (AvgIpc) is 3.61. The first-order valence-electron chi connectivity index (χ1n) is 11.3. The molecule has 1 aliphatic carbocycles. The van der Waals surface area contributed by atoms with Gasteiger partial charge in [0.1, 0.15) is 5.69 Å². The molecule has 2 aromatic rings. The highest BCUT2D eigenvalue weighted by Crippen LogP contribution is 2.41. The molecule has 2 saturated heterocycles. The van der Waals surface area contributed by atoms with Crippen molar-refractivity contribution in [2.75, 3.05) is 68.0 Å². The molecule has 3 fully saturated rings. The molecule has 1 aromatic carbocycles. The number of rotatable bonds is 7. The minimum absolute atomic E-state index is 0.0560. The van der Waals surface area contributed by atoms with Gasteiger partial charge in [0.05, 0.1) is 23.9 Å². The molecule has 176 valence electrons. The molecule has 33 heavy (non-hydrogen) atoms. The van der Waals surface area contributed by atoms with Crippen LogP contribution in [0, 0.1) is 10.1 Å². The van der Waals surface area contributed by atoms with Crippen LogP contribution in [-0.4, -0.2) is 88.7 Å². The van der Waals surface area contributed by atoms with Gasteiger partial charge in [-0.2, -0.15) is 0 Å². The summed E-state index contributed by atoms with van der Waals surface area (Å²) in [7, 11) is 0. The monoisotopic (exact) mass is 473 g/mol. The maximum atomic E-state index is 12.9. The Morgan fingerprint density at radius 1 is 1.06 bits per heavy atom. The smallest absolute Gasteiger partial charge is 0.292 e. The SMILES string of the molecule is O=C(CSc1nnc(N2CCOCC2)n1C1CC1)N1CCN(c2ccccc2[N+](=O)[O-])CC1. The number of aromatic nitrogens is 3. The maximum Gasteiger partial charge on any atom is 0.292 e. The van der Waals surface area contributed by atoms with E-state index in [0.29, 0.717) is 56.9 Å². The first kappa shape index (κ1) is 22.0. The zero-order chi connectivity index (χ0) is 22.8. The van der Waals surface area contributed by atoms with E-state index in [4.69, 9.17) is 4.74 Å². The summed E-state index contributed by atoms with van der Waals surface area (Å²) in [4.78, 5) is 29.9. The number of nitrogens with zero attached hydrogens (tertiary/aromatic N) is 7. The van der Waals surface area contributed by atoms with Gasteiger partial charge in [0, 0.05) is 51.4 Å². The van der Waals surface area contributed by atoms with Gasteiger partial charge in [-0.15, -0.1) is 10.2 Å². The summed E-state index contributed by atoms with van der Waals surface area (Å²) in [5.74, 6) is 1.24. The normalized spacial score (nSPS) is 19.1.